The number of hydrogen-bond donors (Lipinski definition) is 2. The molecule has 1 atom stereocenters. The summed E-state index contributed by atoms with van der Waals surface area (Å²) in [5.41, 5.74) is 10.4. The number of nitrogens with zero attached hydrogens (tertiary/aromatic N) is 5. The monoisotopic (exact) mass is 626 g/mol. The maximum absolute atomic E-state index is 12.5. The molecule has 1 aliphatic heterocycles. The van der Waals surface area contributed by atoms with Gasteiger partial charge in [0.2, 0.25) is 5.88 Å². The van der Waals surface area contributed by atoms with E-state index in [2.05, 4.69) is 15.1 Å². The Morgan fingerprint density at radius 2 is 1.82 bits per heavy atom. The number of anilines is 1. The molecule has 0 saturated carbocycles. The van der Waals surface area contributed by atoms with E-state index in [4.69, 9.17) is 10.5 Å². The van der Waals surface area contributed by atoms with Gasteiger partial charge in [0.05, 0.1) is 11.9 Å². The summed E-state index contributed by atoms with van der Waals surface area (Å²) in [6, 6.07) is 13.8. The van der Waals surface area contributed by atoms with E-state index in [0.29, 0.717) is 37.1 Å². The molecule has 1 fully saturated rings. The summed E-state index contributed by atoms with van der Waals surface area (Å²) in [5.74, 6) is -0.332. The minimum Gasteiger partial charge on any atom is -0.474 e. The normalized spacial score (nSPS) is 15.8. The molecule has 196 valence electrons. The largest absolute Gasteiger partial charge is 0.474 e. The van der Waals surface area contributed by atoms with Crippen LogP contribution < -0.4 is 10.5 Å². The number of nitrogens with two attached hydrogens (primary N) is 1. The number of nitrogen functional groups attached to an aromatic ring is 1. The molecule has 3 aromatic heterocycles. The van der Waals surface area contributed by atoms with Crippen LogP contribution in [-0.4, -0.2) is 64.1 Å². The highest BCUT2D eigenvalue weighted by atomic mass is 127. The van der Waals surface area contributed by atoms with Crippen molar-refractivity contribution in [1.82, 2.24) is 24.5 Å². The molecule has 5 rings (SSSR count). The summed E-state index contributed by atoms with van der Waals surface area (Å²) in [7, 11) is 0. The zero-order valence-corrected chi connectivity index (χ0v) is 23.1. The zero-order valence-electron chi connectivity index (χ0n) is 21.0. The Morgan fingerprint density at radius 1 is 1.11 bits per heavy atom. The number of fused-ring (bicyclic) bond motifs is 1. The minimum atomic E-state index is -1.46. The quantitative estimate of drug-likeness (QED) is 0.188. The molecule has 38 heavy (non-hydrogen) atoms. The van der Waals surface area contributed by atoms with Crippen LogP contribution in [0.4, 0.5) is 5.82 Å². The molecular formula is C27H27IN6O4. The predicted molar refractivity (Wildman–Crippen MR) is 151 cm³/mol. The number of pyridine rings is 1. The highest BCUT2D eigenvalue weighted by Gasteiger charge is 2.34. The van der Waals surface area contributed by atoms with Gasteiger partial charge in [0.15, 0.2) is 15.0 Å². The fourth-order valence-electron chi connectivity index (χ4n) is 4.57. The van der Waals surface area contributed by atoms with Crippen LogP contribution in [-0.2, 0) is 4.79 Å². The van der Waals surface area contributed by atoms with Gasteiger partial charge in [-0.15, -0.1) is 0 Å². The summed E-state index contributed by atoms with van der Waals surface area (Å²) in [5, 5.41) is 14.4. The number of rotatable bonds is 6. The number of carbonyl (C=O) groups is 2. The standard InChI is InChI=1S/C27H27IN6O4/c1-16(35)22-23(29)34-24(32-25(22)38-19-10-12-33(13-11-19)26(36)27(2,28)37)20(15-31-34)18-8-9-21(30-14-18)17-6-4-3-5-7-17/h3-9,14-15,19,37H,10-13,29H2,1-2H3. The van der Waals surface area contributed by atoms with Crippen LogP contribution in [0.15, 0.2) is 54.9 Å². The third kappa shape index (κ3) is 5.07. The van der Waals surface area contributed by atoms with Gasteiger partial charge in [-0.3, -0.25) is 14.6 Å². The van der Waals surface area contributed by atoms with E-state index in [1.807, 2.05) is 42.5 Å². The molecule has 4 heterocycles. The molecule has 1 unspecified atom stereocenters. The second-order valence-electron chi connectivity index (χ2n) is 9.39. The summed E-state index contributed by atoms with van der Waals surface area (Å²) in [6.45, 7) is 3.72. The Balaban J connectivity index is 1.44. The Hall–Kier alpha value is -3.58. The van der Waals surface area contributed by atoms with E-state index in [1.54, 1.807) is 39.9 Å². The lowest BCUT2D eigenvalue weighted by Gasteiger charge is -2.34. The first-order valence-electron chi connectivity index (χ1n) is 12.2. The summed E-state index contributed by atoms with van der Waals surface area (Å²) >= 11 is 1.72. The Labute approximate surface area is 233 Å². The van der Waals surface area contributed by atoms with Crippen molar-refractivity contribution in [2.45, 2.75) is 36.4 Å². The summed E-state index contributed by atoms with van der Waals surface area (Å²) in [6.07, 6.45) is 4.18. The molecule has 3 N–H and O–H groups in total. The Bertz CT molecular complexity index is 1490. The van der Waals surface area contributed by atoms with Gasteiger partial charge in [-0.1, -0.05) is 36.4 Å². The molecule has 1 aromatic carbocycles. The van der Waals surface area contributed by atoms with Crippen LogP contribution in [0.2, 0.25) is 0 Å². The van der Waals surface area contributed by atoms with E-state index < -0.39 is 3.61 Å². The first-order valence-corrected chi connectivity index (χ1v) is 13.3. The number of ether oxygens (including phenoxy) is 1. The SMILES string of the molecule is CC(=O)c1c(OC2CCN(C(=O)C(C)(O)I)CC2)nc2c(-c3ccc(-c4ccccc4)nc3)cnn2c1N. The maximum atomic E-state index is 12.5. The van der Waals surface area contributed by atoms with Crippen LogP contribution in [0.3, 0.4) is 0 Å². The van der Waals surface area contributed by atoms with Gasteiger partial charge in [-0.05, 0) is 42.5 Å². The molecule has 0 aliphatic carbocycles. The number of alkyl halides is 1. The van der Waals surface area contributed by atoms with Gasteiger partial charge in [0.25, 0.3) is 5.91 Å². The first kappa shape index (κ1) is 26.0. The number of halogens is 1. The second kappa shape index (κ2) is 10.3. The molecule has 0 radical (unpaired) electrons. The van der Waals surface area contributed by atoms with E-state index >= 15 is 0 Å². The van der Waals surface area contributed by atoms with Crippen molar-refractivity contribution in [3.63, 3.8) is 0 Å². The molecular weight excluding hydrogens is 599 g/mol. The zero-order chi connectivity index (χ0) is 27.0. The number of Topliss-reactive ketones (excluding diaryl/α,β-unsaturated/α-hetero) is 1. The number of amides is 1. The number of carbonyl (C=O) groups excluding carboxylic acids is 2. The Morgan fingerprint density at radius 3 is 2.42 bits per heavy atom. The highest BCUT2D eigenvalue weighted by molar-refractivity contribution is 14.1. The van der Waals surface area contributed by atoms with Crippen LogP contribution >= 0.6 is 22.6 Å². The molecule has 10 nitrogen and oxygen atoms in total. The number of benzene rings is 1. The van der Waals surface area contributed by atoms with Crippen LogP contribution in [0, 0.1) is 0 Å². The molecule has 11 heteroatoms. The number of aromatic nitrogens is 4. The van der Waals surface area contributed by atoms with Crippen molar-refractivity contribution in [3.05, 3.63) is 60.4 Å². The van der Waals surface area contributed by atoms with Crippen LogP contribution in [0.5, 0.6) is 5.88 Å². The fourth-order valence-corrected chi connectivity index (χ4v) is 4.91. The average molecular weight is 626 g/mol. The van der Waals surface area contributed by atoms with Gasteiger partial charge in [-0.25, -0.2) is 0 Å². The predicted octanol–water partition coefficient (Wildman–Crippen LogP) is 3.76. The van der Waals surface area contributed by atoms with E-state index in [1.165, 1.54) is 18.4 Å². The number of aliphatic hydroxyl groups is 1. The average Bonchev–Trinajstić information content (AvgIpc) is 3.33. The summed E-state index contributed by atoms with van der Waals surface area (Å²) < 4.78 is 6.20. The lowest BCUT2D eigenvalue weighted by Crippen LogP contribution is -2.48. The van der Waals surface area contributed by atoms with Gasteiger partial charge in [0, 0.05) is 48.8 Å². The molecule has 0 bridgehead atoms. The Kier molecular flexibility index (Phi) is 7.05. The number of piperidine rings is 1. The van der Waals surface area contributed by atoms with Gasteiger partial charge >= 0.3 is 0 Å². The minimum absolute atomic E-state index is 0.142. The van der Waals surface area contributed by atoms with Gasteiger partial charge < -0.3 is 20.5 Å². The van der Waals surface area contributed by atoms with Crippen molar-refractivity contribution in [2.24, 2.45) is 0 Å². The van der Waals surface area contributed by atoms with E-state index in [9.17, 15) is 14.7 Å². The van der Waals surface area contributed by atoms with Crippen molar-refractivity contribution in [1.29, 1.82) is 0 Å². The van der Waals surface area contributed by atoms with E-state index in [-0.39, 0.29) is 35.1 Å². The van der Waals surface area contributed by atoms with Crippen molar-refractivity contribution in [3.8, 4) is 28.3 Å². The first-order chi connectivity index (χ1) is 18.1. The van der Waals surface area contributed by atoms with Gasteiger partial charge in [0.1, 0.15) is 17.5 Å². The van der Waals surface area contributed by atoms with Crippen molar-refractivity contribution in [2.75, 3.05) is 18.8 Å². The number of ketones is 1. The highest BCUT2D eigenvalue weighted by Crippen LogP contribution is 2.32. The summed E-state index contributed by atoms with van der Waals surface area (Å²) in [4.78, 5) is 35.9. The van der Waals surface area contributed by atoms with Crippen molar-refractivity contribution < 1.29 is 19.4 Å². The lowest BCUT2D eigenvalue weighted by molar-refractivity contribution is -0.142. The van der Waals surface area contributed by atoms with Crippen LogP contribution in [0.25, 0.3) is 28.0 Å². The lowest BCUT2D eigenvalue weighted by atomic mass is 10.1. The topological polar surface area (TPSA) is 136 Å². The van der Waals surface area contributed by atoms with Crippen molar-refractivity contribution >= 4 is 45.7 Å². The molecule has 1 aliphatic rings. The molecule has 0 spiro atoms. The molecule has 1 amide bonds. The fraction of sp³-hybridized carbons (Fsp3) is 0.296. The maximum Gasteiger partial charge on any atom is 0.264 e. The number of hydrogen-bond acceptors (Lipinski definition) is 8. The molecule has 1 saturated heterocycles. The third-order valence-electron chi connectivity index (χ3n) is 6.54. The smallest absolute Gasteiger partial charge is 0.264 e. The van der Waals surface area contributed by atoms with Gasteiger partial charge in [-0.2, -0.15) is 14.6 Å². The van der Waals surface area contributed by atoms with E-state index in [0.717, 1.165) is 16.8 Å². The third-order valence-corrected chi connectivity index (χ3v) is 7.00. The second-order valence-corrected chi connectivity index (χ2v) is 11.5. The molecule has 4 aromatic rings. The number of likely N-dealkylation sites (tertiary alicyclic amines) is 1. The van der Waals surface area contributed by atoms with Crippen LogP contribution in [0.1, 0.15) is 37.0 Å².